The molecule has 1 aromatic heterocycles. The van der Waals surface area contributed by atoms with Crippen LogP contribution in [0.1, 0.15) is 55.5 Å². The molecule has 1 amide bonds. The predicted octanol–water partition coefficient (Wildman–Crippen LogP) is 3.79. The van der Waals surface area contributed by atoms with Gasteiger partial charge >= 0.3 is 6.18 Å². The largest absolute Gasteiger partial charge is 0.443 e. The monoisotopic (exact) mass is 363 g/mol. The second-order valence-electron chi connectivity index (χ2n) is 6.89. The summed E-state index contributed by atoms with van der Waals surface area (Å²) in [5, 5.41) is 2.89. The maximum Gasteiger partial charge on any atom is 0.443 e. The molecule has 2 heterocycles. The van der Waals surface area contributed by atoms with E-state index < -0.39 is 17.1 Å². The van der Waals surface area contributed by atoms with Crippen LogP contribution in [0.2, 0.25) is 0 Å². The van der Waals surface area contributed by atoms with Crippen molar-refractivity contribution in [3.63, 3.8) is 0 Å². The first-order valence-corrected chi connectivity index (χ1v) is 9.07. The molecule has 1 saturated heterocycles. The molecule has 136 valence electrons. The van der Waals surface area contributed by atoms with E-state index in [2.05, 4.69) is 22.1 Å². The first-order valence-electron chi connectivity index (χ1n) is 8.19. The number of likely N-dealkylation sites (tertiary alicyclic amines) is 1. The molecule has 1 atom stereocenters. The number of amides is 1. The minimum absolute atomic E-state index is 0.173. The number of alkyl halides is 3. The van der Waals surface area contributed by atoms with Crippen molar-refractivity contribution in [2.75, 3.05) is 19.6 Å². The molecule has 1 unspecified atom stereocenters. The van der Waals surface area contributed by atoms with Gasteiger partial charge in [0.1, 0.15) is 5.69 Å². The molecule has 1 aliphatic rings. The van der Waals surface area contributed by atoms with Crippen molar-refractivity contribution in [3.05, 3.63) is 16.1 Å². The molecule has 0 aliphatic carbocycles. The number of aromatic nitrogens is 1. The van der Waals surface area contributed by atoms with Crippen molar-refractivity contribution in [2.45, 2.75) is 51.7 Å². The summed E-state index contributed by atoms with van der Waals surface area (Å²) >= 11 is 0.442. The Kier molecular flexibility index (Phi) is 5.91. The van der Waals surface area contributed by atoms with Gasteiger partial charge in [-0.25, -0.2) is 4.98 Å². The molecule has 24 heavy (non-hydrogen) atoms. The normalized spacial score (nSPS) is 20.2. The van der Waals surface area contributed by atoms with Gasteiger partial charge in [-0.2, -0.15) is 13.2 Å². The van der Waals surface area contributed by atoms with E-state index in [0.29, 0.717) is 23.8 Å². The highest BCUT2D eigenvalue weighted by Crippen LogP contribution is 2.31. The molecule has 1 fully saturated rings. The number of nitrogens with zero attached hydrogens (tertiary/aromatic N) is 2. The molecule has 4 nitrogen and oxygen atoms in total. The fourth-order valence-corrected chi connectivity index (χ4v) is 3.62. The Labute approximate surface area is 144 Å². The van der Waals surface area contributed by atoms with Crippen molar-refractivity contribution < 1.29 is 18.0 Å². The molecule has 8 heteroatoms. The summed E-state index contributed by atoms with van der Waals surface area (Å²) in [7, 11) is 0. The number of hydrogen-bond acceptors (Lipinski definition) is 4. The zero-order valence-electron chi connectivity index (χ0n) is 14.2. The zero-order chi connectivity index (χ0) is 18.0. The van der Waals surface area contributed by atoms with Crippen LogP contribution < -0.4 is 5.32 Å². The third kappa shape index (κ3) is 4.69. The Balaban J connectivity index is 1.93. The van der Waals surface area contributed by atoms with Gasteiger partial charge in [0.05, 0.1) is 0 Å². The summed E-state index contributed by atoms with van der Waals surface area (Å²) < 4.78 is 37.7. The smallest absolute Gasteiger partial charge is 0.349 e. The topological polar surface area (TPSA) is 45.2 Å². The highest BCUT2D eigenvalue weighted by Gasteiger charge is 2.36. The number of hydrogen-bond donors (Lipinski definition) is 1. The molecule has 0 radical (unpaired) electrons. The Morgan fingerprint density at radius 3 is 2.75 bits per heavy atom. The number of nitrogens with one attached hydrogen (secondary N) is 1. The van der Waals surface area contributed by atoms with Gasteiger partial charge in [-0.1, -0.05) is 13.3 Å². The van der Waals surface area contributed by atoms with Crippen LogP contribution in [0.15, 0.2) is 5.38 Å². The van der Waals surface area contributed by atoms with E-state index in [4.69, 9.17) is 0 Å². The van der Waals surface area contributed by atoms with E-state index in [1.165, 1.54) is 6.42 Å². The molecular formula is C16H24F3N3OS. The van der Waals surface area contributed by atoms with E-state index >= 15 is 0 Å². The Morgan fingerprint density at radius 1 is 1.46 bits per heavy atom. The molecular weight excluding hydrogens is 339 g/mol. The molecule has 1 N–H and O–H groups in total. The van der Waals surface area contributed by atoms with Gasteiger partial charge in [-0.15, -0.1) is 11.3 Å². The highest BCUT2D eigenvalue weighted by molar-refractivity contribution is 7.09. The lowest BCUT2D eigenvalue weighted by Gasteiger charge is -2.43. The fraction of sp³-hybridized carbons (Fsp3) is 0.750. The van der Waals surface area contributed by atoms with E-state index in [0.717, 1.165) is 31.3 Å². The second-order valence-corrected chi connectivity index (χ2v) is 7.75. The minimum atomic E-state index is -4.51. The quantitative estimate of drug-likeness (QED) is 0.866. The van der Waals surface area contributed by atoms with Crippen LogP contribution in [-0.2, 0) is 6.18 Å². The van der Waals surface area contributed by atoms with Crippen molar-refractivity contribution in [1.82, 2.24) is 15.2 Å². The lowest BCUT2D eigenvalue weighted by molar-refractivity contribution is -0.137. The Bertz CT molecular complexity index is 571. The van der Waals surface area contributed by atoms with E-state index in [9.17, 15) is 18.0 Å². The van der Waals surface area contributed by atoms with Gasteiger partial charge in [-0.05, 0) is 39.2 Å². The molecule has 0 spiro atoms. The van der Waals surface area contributed by atoms with Crippen LogP contribution in [0.25, 0.3) is 0 Å². The number of carbonyl (C=O) groups excluding carboxylic acids is 1. The third-order valence-electron chi connectivity index (χ3n) is 4.61. The average molecular weight is 363 g/mol. The lowest BCUT2D eigenvalue weighted by atomic mass is 9.91. The number of thiazole rings is 1. The van der Waals surface area contributed by atoms with Crippen LogP contribution in [0.5, 0.6) is 0 Å². The Morgan fingerprint density at radius 2 is 2.17 bits per heavy atom. The van der Waals surface area contributed by atoms with Crippen LogP contribution in [0.4, 0.5) is 13.2 Å². The van der Waals surface area contributed by atoms with Crippen LogP contribution in [0.3, 0.4) is 0 Å². The maximum atomic E-state index is 12.6. The average Bonchev–Trinajstić information content (AvgIpc) is 3.03. The van der Waals surface area contributed by atoms with Crippen molar-refractivity contribution in [3.8, 4) is 0 Å². The second kappa shape index (κ2) is 7.39. The predicted molar refractivity (Wildman–Crippen MR) is 88.1 cm³/mol. The minimum Gasteiger partial charge on any atom is -0.349 e. The Hall–Kier alpha value is -1.15. The molecule has 1 aromatic rings. The number of piperidine rings is 1. The van der Waals surface area contributed by atoms with E-state index in [-0.39, 0.29) is 11.2 Å². The first-order chi connectivity index (χ1) is 11.1. The standard InChI is InChI=1S/C16H24F3N3OS/c1-4-11-6-5-7-22(8-11)15(2,3)10-20-13(23)12-9-24-14(21-12)16(17,18)19/h9,11H,4-8,10H2,1-3H3,(H,20,23). The van der Waals surface area contributed by atoms with Gasteiger partial charge in [0.15, 0.2) is 5.01 Å². The van der Waals surface area contributed by atoms with E-state index in [1.807, 2.05) is 13.8 Å². The first kappa shape index (κ1) is 19.2. The number of rotatable bonds is 5. The zero-order valence-corrected chi connectivity index (χ0v) is 15.1. The summed E-state index contributed by atoms with van der Waals surface area (Å²) in [6.45, 7) is 8.63. The van der Waals surface area contributed by atoms with Crippen molar-refractivity contribution in [1.29, 1.82) is 0 Å². The van der Waals surface area contributed by atoms with Crippen molar-refractivity contribution >= 4 is 17.2 Å². The van der Waals surface area contributed by atoms with Crippen LogP contribution in [0, 0.1) is 5.92 Å². The fourth-order valence-electron chi connectivity index (χ4n) is 2.96. The molecule has 2 rings (SSSR count). The van der Waals surface area contributed by atoms with E-state index in [1.54, 1.807) is 0 Å². The van der Waals surface area contributed by atoms with Gasteiger partial charge in [0.2, 0.25) is 0 Å². The summed E-state index contributed by atoms with van der Waals surface area (Å²) in [4.78, 5) is 17.8. The summed E-state index contributed by atoms with van der Waals surface area (Å²) in [6.07, 6.45) is -1.01. The summed E-state index contributed by atoms with van der Waals surface area (Å²) in [5.41, 5.74) is -0.417. The lowest BCUT2D eigenvalue weighted by Crippen LogP contribution is -2.54. The number of halogens is 3. The third-order valence-corrected chi connectivity index (χ3v) is 5.50. The van der Waals surface area contributed by atoms with Gasteiger partial charge < -0.3 is 5.32 Å². The molecule has 0 aromatic carbocycles. The summed E-state index contributed by atoms with van der Waals surface area (Å²) in [5.74, 6) is 0.112. The molecule has 0 saturated carbocycles. The van der Waals surface area contributed by atoms with Gasteiger partial charge in [0, 0.05) is 24.0 Å². The van der Waals surface area contributed by atoms with Gasteiger partial charge in [-0.3, -0.25) is 9.69 Å². The van der Waals surface area contributed by atoms with Crippen LogP contribution in [-0.4, -0.2) is 41.0 Å². The van der Waals surface area contributed by atoms with Crippen molar-refractivity contribution in [2.24, 2.45) is 5.92 Å². The molecule has 1 aliphatic heterocycles. The maximum absolute atomic E-state index is 12.6. The number of carbonyl (C=O) groups is 1. The molecule has 0 bridgehead atoms. The SMILES string of the molecule is CCC1CCCN(C(C)(C)CNC(=O)c2csc(C(F)(F)F)n2)C1. The van der Waals surface area contributed by atoms with Crippen LogP contribution >= 0.6 is 11.3 Å². The summed E-state index contributed by atoms with van der Waals surface area (Å²) in [6, 6.07) is 0. The highest BCUT2D eigenvalue weighted by atomic mass is 32.1. The van der Waals surface area contributed by atoms with Gasteiger partial charge in [0.25, 0.3) is 5.91 Å².